The van der Waals surface area contributed by atoms with Gasteiger partial charge in [0, 0.05) is 24.2 Å². The van der Waals surface area contributed by atoms with E-state index >= 15 is 0 Å². The van der Waals surface area contributed by atoms with E-state index in [9.17, 15) is 8.42 Å². The van der Waals surface area contributed by atoms with Crippen molar-refractivity contribution in [3.63, 3.8) is 0 Å². The fourth-order valence-corrected chi connectivity index (χ4v) is 2.37. The highest BCUT2D eigenvalue weighted by atomic mass is 32.2. The maximum atomic E-state index is 10.8. The molecule has 19 heavy (non-hydrogen) atoms. The molecule has 1 aromatic rings. The van der Waals surface area contributed by atoms with E-state index in [-0.39, 0.29) is 12.3 Å². The van der Waals surface area contributed by atoms with Crippen LogP contribution in [0.25, 0.3) is 0 Å². The van der Waals surface area contributed by atoms with Crippen LogP contribution in [0.5, 0.6) is 0 Å². The summed E-state index contributed by atoms with van der Waals surface area (Å²) >= 11 is 1.59. The second-order valence-corrected chi connectivity index (χ2v) is 6.91. The number of primary sulfonamides is 1. The molecule has 0 aliphatic carbocycles. The molecule has 1 rings (SSSR count). The van der Waals surface area contributed by atoms with Gasteiger partial charge in [0.15, 0.2) is 5.96 Å². The molecule has 108 valence electrons. The minimum absolute atomic E-state index is 0.131. The summed E-state index contributed by atoms with van der Waals surface area (Å²) in [6, 6.07) is 0. The van der Waals surface area contributed by atoms with Crippen LogP contribution < -0.4 is 15.8 Å². The molecule has 0 unspecified atom stereocenters. The minimum atomic E-state index is -3.45. The van der Waals surface area contributed by atoms with Gasteiger partial charge in [-0.05, 0) is 13.8 Å². The minimum Gasteiger partial charge on any atom is -0.357 e. The van der Waals surface area contributed by atoms with Crippen LogP contribution in [0.2, 0.25) is 0 Å². The number of aromatic nitrogens is 1. The SMILES string of the molecule is CCNC(=NCc1ncc(C)s1)NCCS(N)(=O)=O. The molecule has 0 aromatic carbocycles. The van der Waals surface area contributed by atoms with Crippen LogP contribution in [0.3, 0.4) is 0 Å². The van der Waals surface area contributed by atoms with Gasteiger partial charge >= 0.3 is 0 Å². The molecule has 7 nitrogen and oxygen atoms in total. The first-order valence-corrected chi connectivity index (χ1v) is 8.38. The molecule has 0 aliphatic heterocycles. The topological polar surface area (TPSA) is 109 Å². The van der Waals surface area contributed by atoms with E-state index in [1.54, 1.807) is 17.5 Å². The molecule has 0 spiro atoms. The van der Waals surface area contributed by atoms with E-state index < -0.39 is 10.0 Å². The van der Waals surface area contributed by atoms with Crippen molar-refractivity contribution in [1.82, 2.24) is 15.6 Å². The largest absolute Gasteiger partial charge is 0.357 e. The molecule has 0 amide bonds. The predicted octanol–water partition coefficient (Wildman–Crippen LogP) is -0.205. The quantitative estimate of drug-likeness (QED) is 0.498. The van der Waals surface area contributed by atoms with Crippen molar-refractivity contribution in [3.8, 4) is 0 Å². The molecule has 4 N–H and O–H groups in total. The Balaban J connectivity index is 2.51. The summed E-state index contributed by atoms with van der Waals surface area (Å²) in [6.07, 6.45) is 1.80. The summed E-state index contributed by atoms with van der Waals surface area (Å²) < 4.78 is 21.6. The van der Waals surface area contributed by atoms with Gasteiger partial charge in [-0.2, -0.15) is 0 Å². The molecule has 0 fully saturated rings. The average molecular weight is 305 g/mol. The highest BCUT2D eigenvalue weighted by Gasteiger charge is 2.04. The number of guanidine groups is 1. The molecule has 0 saturated heterocycles. The number of nitrogens with zero attached hydrogens (tertiary/aromatic N) is 2. The molecule has 1 heterocycles. The van der Waals surface area contributed by atoms with Crippen molar-refractivity contribution in [2.75, 3.05) is 18.8 Å². The first-order valence-electron chi connectivity index (χ1n) is 5.84. The van der Waals surface area contributed by atoms with E-state index in [0.29, 0.717) is 19.0 Å². The van der Waals surface area contributed by atoms with Gasteiger partial charge in [0.2, 0.25) is 10.0 Å². The normalized spacial score (nSPS) is 12.5. The molecule has 1 aromatic heterocycles. The number of nitrogens with one attached hydrogen (secondary N) is 2. The van der Waals surface area contributed by atoms with Gasteiger partial charge < -0.3 is 10.6 Å². The molecule has 0 bridgehead atoms. The van der Waals surface area contributed by atoms with Gasteiger partial charge in [0.25, 0.3) is 0 Å². The molecule has 0 atom stereocenters. The van der Waals surface area contributed by atoms with Crippen molar-refractivity contribution >= 4 is 27.3 Å². The standard InChI is InChI=1S/C10H19N5O2S2/c1-3-12-10(13-4-5-19(11,16)17)15-7-9-14-6-8(2)18-9/h6H,3-5,7H2,1-2H3,(H2,11,16,17)(H2,12,13,15). The Hall–Kier alpha value is -1.19. The molecule has 0 radical (unpaired) electrons. The van der Waals surface area contributed by atoms with E-state index in [1.165, 1.54) is 0 Å². The lowest BCUT2D eigenvalue weighted by Crippen LogP contribution is -2.40. The summed E-state index contributed by atoms with van der Waals surface area (Å²) in [4.78, 5) is 9.67. The Morgan fingerprint density at radius 3 is 2.79 bits per heavy atom. The number of rotatable bonds is 6. The molecular formula is C10H19N5O2S2. The van der Waals surface area contributed by atoms with Crippen molar-refractivity contribution < 1.29 is 8.42 Å². The van der Waals surface area contributed by atoms with Crippen LogP contribution in [-0.4, -0.2) is 38.2 Å². The third-order valence-electron chi connectivity index (χ3n) is 2.06. The first kappa shape index (κ1) is 15.9. The van der Waals surface area contributed by atoms with Crippen LogP contribution in [0.15, 0.2) is 11.2 Å². The third-order valence-corrected chi connectivity index (χ3v) is 3.74. The number of aryl methyl sites for hydroxylation is 1. The predicted molar refractivity (Wildman–Crippen MR) is 77.6 cm³/mol. The van der Waals surface area contributed by atoms with E-state index in [2.05, 4.69) is 20.6 Å². The maximum Gasteiger partial charge on any atom is 0.210 e. The summed E-state index contributed by atoms with van der Waals surface area (Å²) in [7, 11) is -3.45. The lowest BCUT2D eigenvalue weighted by atomic mass is 10.6. The zero-order valence-corrected chi connectivity index (χ0v) is 12.6. The number of sulfonamides is 1. The van der Waals surface area contributed by atoms with Crippen molar-refractivity contribution in [1.29, 1.82) is 0 Å². The van der Waals surface area contributed by atoms with Crippen molar-refractivity contribution in [2.45, 2.75) is 20.4 Å². The van der Waals surface area contributed by atoms with Gasteiger partial charge in [-0.1, -0.05) is 0 Å². The number of hydrogen-bond acceptors (Lipinski definition) is 5. The van der Waals surface area contributed by atoms with E-state index in [0.717, 1.165) is 9.88 Å². The summed E-state index contributed by atoms with van der Waals surface area (Å²) in [5.74, 6) is 0.423. The van der Waals surface area contributed by atoms with Gasteiger partial charge in [0.05, 0.1) is 12.3 Å². The first-order chi connectivity index (χ1) is 8.90. The monoisotopic (exact) mass is 305 g/mol. The zero-order valence-electron chi connectivity index (χ0n) is 11.0. The molecular weight excluding hydrogens is 286 g/mol. The molecule has 9 heteroatoms. The fraction of sp³-hybridized carbons (Fsp3) is 0.600. The smallest absolute Gasteiger partial charge is 0.210 e. The molecule has 0 saturated carbocycles. The highest BCUT2D eigenvalue weighted by Crippen LogP contribution is 2.11. The van der Waals surface area contributed by atoms with Crippen LogP contribution in [0, 0.1) is 6.92 Å². The van der Waals surface area contributed by atoms with Crippen LogP contribution >= 0.6 is 11.3 Å². The lowest BCUT2D eigenvalue weighted by molar-refractivity contribution is 0.596. The number of hydrogen-bond donors (Lipinski definition) is 3. The van der Waals surface area contributed by atoms with Crippen molar-refractivity contribution in [3.05, 3.63) is 16.1 Å². The van der Waals surface area contributed by atoms with E-state index in [1.807, 2.05) is 13.8 Å². The van der Waals surface area contributed by atoms with Crippen molar-refractivity contribution in [2.24, 2.45) is 10.1 Å². The fourth-order valence-electron chi connectivity index (χ4n) is 1.27. The summed E-state index contributed by atoms with van der Waals surface area (Å²) in [5.41, 5.74) is 0. The third kappa shape index (κ3) is 7.09. The summed E-state index contributed by atoms with van der Waals surface area (Å²) in [6.45, 7) is 5.30. The summed E-state index contributed by atoms with van der Waals surface area (Å²) in [5, 5.41) is 11.8. The Morgan fingerprint density at radius 1 is 1.53 bits per heavy atom. The van der Waals surface area contributed by atoms with Gasteiger partial charge in [0.1, 0.15) is 5.01 Å². The van der Waals surface area contributed by atoms with Crippen LogP contribution in [-0.2, 0) is 16.6 Å². The highest BCUT2D eigenvalue weighted by molar-refractivity contribution is 7.89. The van der Waals surface area contributed by atoms with Gasteiger partial charge in [-0.15, -0.1) is 11.3 Å². The maximum absolute atomic E-state index is 10.8. The van der Waals surface area contributed by atoms with Crippen LogP contribution in [0.4, 0.5) is 0 Å². The van der Waals surface area contributed by atoms with E-state index in [4.69, 9.17) is 5.14 Å². The number of thiazole rings is 1. The Bertz CT molecular complexity index is 524. The Labute approximate surface area is 117 Å². The Morgan fingerprint density at radius 2 is 2.26 bits per heavy atom. The van der Waals surface area contributed by atoms with Gasteiger partial charge in [-0.3, -0.25) is 0 Å². The zero-order chi connectivity index (χ0) is 14.3. The number of aliphatic imine (C=N–C) groups is 1. The molecule has 0 aliphatic rings. The number of nitrogens with two attached hydrogens (primary N) is 1. The van der Waals surface area contributed by atoms with Gasteiger partial charge in [-0.25, -0.2) is 23.5 Å². The Kier molecular flexibility index (Phi) is 6.19. The second-order valence-electron chi connectivity index (χ2n) is 3.85. The second kappa shape index (κ2) is 7.41. The average Bonchev–Trinajstić information content (AvgIpc) is 2.70. The van der Waals surface area contributed by atoms with Crippen LogP contribution in [0.1, 0.15) is 16.8 Å². The lowest BCUT2D eigenvalue weighted by Gasteiger charge is -2.10.